The lowest BCUT2D eigenvalue weighted by Gasteiger charge is -2.03. The van der Waals surface area contributed by atoms with E-state index >= 15 is 0 Å². The van der Waals surface area contributed by atoms with Crippen molar-refractivity contribution < 1.29 is 14.0 Å². The van der Waals surface area contributed by atoms with Gasteiger partial charge in [-0.25, -0.2) is 4.79 Å². The normalized spacial score (nSPS) is 8.60. The zero-order chi connectivity index (χ0) is 7.98. The molecule has 2 radical (unpaired) electrons. The van der Waals surface area contributed by atoms with Gasteiger partial charge in [-0.3, -0.25) is 0 Å². The molecule has 0 atom stereocenters. The number of carbonyl (C=O) groups is 1. The zero-order valence-corrected chi connectivity index (χ0v) is 7.14. The molecule has 0 saturated carbocycles. The Morgan fingerprint density at radius 2 is 2.30 bits per heavy atom. The summed E-state index contributed by atoms with van der Waals surface area (Å²) in [6.45, 7) is 7.27. The van der Waals surface area contributed by atoms with Crippen molar-refractivity contribution in [3.8, 4) is 0 Å². The van der Waals surface area contributed by atoms with Crippen molar-refractivity contribution in [1.82, 2.24) is 0 Å². The molecule has 0 aliphatic heterocycles. The summed E-state index contributed by atoms with van der Waals surface area (Å²) in [4.78, 5) is 10.7. The van der Waals surface area contributed by atoms with Gasteiger partial charge in [0.25, 0.3) is 0 Å². The van der Waals surface area contributed by atoms with Gasteiger partial charge in [-0.05, 0) is 13.5 Å². The van der Waals surface area contributed by atoms with Gasteiger partial charge < -0.3 is 9.16 Å². The first-order valence-corrected chi connectivity index (χ1v) is 4.32. The van der Waals surface area contributed by atoms with E-state index in [1.807, 2.05) is 6.55 Å². The molecule has 0 saturated heterocycles. The van der Waals surface area contributed by atoms with Gasteiger partial charge in [-0.2, -0.15) is 0 Å². The van der Waals surface area contributed by atoms with E-state index in [1.165, 1.54) is 0 Å². The predicted octanol–water partition coefficient (Wildman–Crippen LogP) is 0.747. The summed E-state index contributed by atoms with van der Waals surface area (Å²) in [7, 11) is 0.235. The van der Waals surface area contributed by atoms with Crippen molar-refractivity contribution in [3.05, 3.63) is 12.3 Å². The summed E-state index contributed by atoms with van der Waals surface area (Å²) >= 11 is 0. The maximum Gasteiger partial charge on any atom is 0.371 e. The van der Waals surface area contributed by atoms with E-state index in [9.17, 15) is 4.79 Å². The molecule has 0 aliphatic carbocycles. The molecule has 3 nitrogen and oxygen atoms in total. The topological polar surface area (TPSA) is 35.5 Å². The number of carbonyl (C=O) groups excluding carboxylic acids is 1. The van der Waals surface area contributed by atoms with Gasteiger partial charge in [-0.1, -0.05) is 6.58 Å². The smallest absolute Gasteiger partial charge is 0.371 e. The van der Waals surface area contributed by atoms with Gasteiger partial charge >= 0.3 is 15.7 Å². The van der Waals surface area contributed by atoms with Crippen LogP contribution in [0.1, 0.15) is 6.92 Å². The molecule has 56 valence electrons. The summed E-state index contributed by atoms with van der Waals surface area (Å²) in [6.07, 6.45) is 0. The molecule has 4 heteroatoms. The van der Waals surface area contributed by atoms with Crippen LogP contribution in [-0.4, -0.2) is 22.3 Å². The second-order valence-corrected chi connectivity index (χ2v) is 2.06. The van der Waals surface area contributed by atoms with Crippen LogP contribution in [-0.2, 0) is 14.0 Å². The minimum Gasteiger partial charge on any atom is -0.537 e. The molecule has 0 aromatic carbocycles. The highest BCUT2D eigenvalue weighted by atomic mass is 28.2. The van der Waals surface area contributed by atoms with E-state index in [-0.39, 0.29) is 15.5 Å². The van der Waals surface area contributed by atoms with Crippen LogP contribution in [0.5, 0.6) is 0 Å². The average molecular weight is 158 g/mol. The van der Waals surface area contributed by atoms with E-state index in [1.54, 1.807) is 6.92 Å². The number of rotatable bonds is 4. The Morgan fingerprint density at radius 3 is 2.70 bits per heavy atom. The van der Waals surface area contributed by atoms with Gasteiger partial charge in [0, 0.05) is 0 Å². The van der Waals surface area contributed by atoms with Gasteiger partial charge in [0.15, 0.2) is 5.76 Å². The van der Waals surface area contributed by atoms with E-state index in [4.69, 9.17) is 4.43 Å². The fraction of sp³-hybridized carbons (Fsp3) is 0.500. The minimum atomic E-state index is -0.475. The van der Waals surface area contributed by atoms with Crippen LogP contribution in [0, 0.1) is 0 Å². The van der Waals surface area contributed by atoms with Crippen molar-refractivity contribution in [2.24, 2.45) is 0 Å². The lowest BCUT2D eigenvalue weighted by Crippen LogP contribution is -2.10. The quantitative estimate of drug-likeness (QED) is 0.262. The van der Waals surface area contributed by atoms with Gasteiger partial charge in [-0.15, -0.1) is 0 Å². The second kappa shape index (κ2) is 5.05. The van der Waals surface area contributed by atoms with Crippen molar-refractivity contribution in [2.75, 3.05) is 6.61 Å². The van der Waals surface area contributed by atoms with Crippen molar-refractivity contribution in [2.45, 2.75) is 13.5 Å². The highest BCUT2D eigenvalue weighted by Gasteiger charge is 2.06. The van der Waals surface area contributed by atoms with Gasteiger partial charge in [0.2, 0.25) is 0 Å². The molecular weight excluding hydrogens is 148 g/mol. The largest absolute Gasteiger partial charge is 0.537 e. The molecule has 0 rings (SSSR count). The lowest BCUT2D eigenvalue weighted by atomic mass is 10.6. The molecule has 10 heavy (non-hydrogen) atoms. The predicted molar refractivity (Wildman–Crippen MR) is 38.5 cm³/mol. The van der Waals surface area contributed by atoms with Crippen LogP contribution >= 0.6 is 0 Å². The molecule has 0 bridgehead atoms. The lowest BCUT2D eigenvalue weighted by molar-refractivity contribution is -0.140. The number of hydrogen-bond acceptors (Lipinski definition) is 3. The summed E-state index contributed by atoms with van der Waals surface area (Å²) in [5.74, 6) is -0.389. The standard InChI is InChI=1S/C6H10O3Si/c1-4-8-6(7)5(2)9-10-3/h2,4H2,1,3H3. The highest BCUT2D eigenvalue weighted by Crippen LogP contribution is 1.94. The fourth-order valence-corrected chi connectivity index (χ4v) is 0.706. The van der Waals surface area contributed by atoms with Crippen LogP contribution in [0.15, 0.2) is 12.3 Å². The van der Waals surface area contributed by atoms with Gasteiger partial charge in [0.1, 0.15) is 0 Å². The molecule has 0 unspecified atom stereocenters. The van der Waals surface area contributed by atoms with Crippen LogP contribution in [0.4, 0.5) is 0 Å². The SMILES string of the molecule is C=C(O[Si]C)C(=O)OCC. The molecule has 0 N–H and O–H groups in total. The first-order chi connectivity index (χ1) is 4.72. The second-order valence-electron chi connectivity index (χ2n) is 1.45. The van der Waals surface area contributed by atoms with Gasteiger partial charge in [0.05, 0.1) is 6.61 Å². The molecular formula is C6H10O3Si. The Balaban J connectivity index is 3.60. The molecule has 0 spiro atoms. The van der Waals surface area contributed by atoms with Crippen LogP contribution < -0.4 is 0 Å². The maximum atomic E-state index is 10.7. The molecule has 0 aromatic heterocycles. The Labute approximate surface area is 63.0 Å². The average Bonchev–Trinajstić information content (AvgIpc) is 1.89. The van der Waals surface area contributed by atoms with E-state index < -0.39 is 5.97 Å². The number of esters is 1. The summed E-state index contributed by atoms with van der Waals surface area (Å²) in [5, 5.41) is 0. The molecule has 0 amide bonds. The van der Waals surface area contributed by atoms with Crippen LogP contribution in [0.2, 0.25) is 6.55 Å². The fourth-order valence-electron chi connectivity index (χ4n) is 0.376. The molecule has 0 aromatic rings. The zero-order valence-electron chi connectivity index (χ0n) is 6.14. The number of hydrogen-bond donors (Lipinski definition) is 0. The van der Waals surface area contributed by atoms with E-state index in [2.05, 4.69) is 11.3 Å². The van der Waals surface area contributed by atoms with Crippen molar-refractivity contribution in [1.29, 1.82) is 0 Å². The number of ether oxygens (including phenoxy) is 1. The van der Waals surface area contributed by atoms with E-state index in [0.717, 1.165) is 0 Å². The Hall–Kier alpha value is -0.773. The minimum absolute atomic E-state index is 0.0858. The first-order valence-electron chi connectivity index (χ1n) is 2.92. The third-order valence-corrected chi connectivity index (χ3v) is 1.18. The third kappa shape index (κ3) is 3.29. The van der Waals surface area contributed by atoms with Crippen LogP contribution in [0.25, 0.3) is 0 Å². The Kier molecular flexibility index (Phi) is 4.66. The monoisotopic (exact) mass is 158 g/mol. The van der Waals surface area contributed by atoms with Crippen molar-refractivity contribution in [3.63, 3.8) is 0 Å². The molecule has 0 aliphatic rings. The van der Waals surface area contributed by atoms with Crippen molar-refractivity contribution >= 4 is 15.7 Å². The first kappa shape index (κ1) is 9.23. The molecule has 0 heterocycles. The Morgan fingerprint density at radius 1 is 1.70 bits per heavy atom. The summed E-state index contributed by atoms with van der Waals surface area (Å²) in [6, 6.07) is 0. The Bertz CT molecular complexity index is 117. The maximum absolute atomic E-state index is 10.7. The third-order valence-electron chi connectivity index (χ3n) is 0.728. The van der Waals surface area contributed by atoms with Crippen LogP contribution in [0.3, 0.4) is 0 Å². The summed E-state index contributed by atoms with van der Waals surface area (Å²) in [5.41, 5.74) is 0. The highest BCUT2D eigenvalue weighted by molar-refractivity contribution is 6.26. The summed E-state index contributed by atoms with van der Waals surface area (Å²) < 4.78 is 9.41. The van der Waals surface area contributed by atoms with E-state index in [0.29, 0.717) is 6.61 Å². The molecule has 0 fully saturated rings.